The molecule has 0 radical (unpaired) electrons. The Labute approximate surface area is 75.5 Å². The molecule has 4 nitrogen and oxygen atoms in total. The number of nitrogens with zero attached hydrogens (tertiary/aromatic N) is 3. The monoisotopic (exact) mass is 175 g/mol. The third-order valence-electron chi connectivity index (χ3n) is 1.76. The van der Waals surface area contributed by atoms with Crippen LogP contribution in [0.25, 0.3) is 5.69 Å². The summed E-state index contributed by atoms with van der Waals surface area (Å²) in [5.41, 5.74) is 0.907. The minimum absolute atomic E-state index is 0.102. The molecule has 0 aliphatic heterocycles. The van der Waals surface area contributed by atoms with Gasteiger partial charge in [0.15, 0.2) is 5.82 Å². The van der Waals surface area contributed by atoms with Gasteiger partial charge in [0.1, 0.15) is 12.9 Å². The first-order valence-electron chi connectivity index (χ1n) is 3.97. The van der Waals surface area contributed by atoms with E-state index in [-0.39, 0.29) is 6.61 Å². The van der Waals surface area contributed by atoms with E-state index in [9.17, 15) is 0 Å². The predicted octanol–water partition coefficient (Wildman–Crippen LogP) is 0.760. The van der Waals surface area contributed by atoms with Crippen molar-refractivity contribution in [2.24, 2.45) is 0 Å². The summed E-state index contributed by atoms with van der Waals surface area (Å²) in [5, 5.41) is 12.9. The molecule has 0 saturated heterocycles. The lowest BCUT2D eigenvalue weighted by molar-refractivity contribution is 0.268. The van der Waals surface area contributed by atoms with Crippen LogP contribution in [0.4, 0.5) is 0 Å². The maximum Gasteiger partial charge on any atom is 0.157 e. The Morgan fingerprint density at radius 3 is 2.69 bits per heavy atom. The SMILES string of the molecule is OCc1ncnn1-c1ccccc1. The van der Waals surface area contributed by atoms with Gasteiger partial charge in [-0.3, -0.25) is 0 Å². The Kier molecular flexibility index (Phi) is 2.06. The summed E-state index contributed by atoms with van der Waals surface area (Å²) < 4.78 is 1.61. The molecule has 0 atom stereocenters. The molecule has 0 bridgehead atoms. The lowest BCUT2D eigenvalue weighted by Gasteiger charge is -2.02. The third kappa shape index (κ3) is 1.43. The van der Waals surface area contributed by atoms with Crippen LogP contribution >= 0.6 is 0 Å². The van der Waals surface area contributed by atoms with Gasteiger partial charge in [-0.05, 0) is 12.1 Å². The average molecular weight is 175 g/mol. The van der Waals surface area contributed by atoms with Crippen LogP contribution in [0.5, 0.6) is 0 Å². The molecule has 0 fully saturated rings. The van der Waals surface area contributed by atoms with Crippen molar-refractivity contribution < 1.29 is 5.11 Å². The molecule has 0 unspecified atom stereocenters. The Bertz CT molecular complexity index is 383. The van der Waals surface area contributed by atoms with Crippen molar-refractivity contribution >= 4 is 0 Å². The van der Waals surface area contributed by atoms with Crippen molar-refractivity contribution in [3.05, 3.63) is 42.5 Å². The number of benzene rings is 1. The number of para-hydroxylation sites is 1. The normalized spacial score (nSPS) is 10.2. The van der Waals surface area contributed by atoms with Gasteiger partial charge >= 0.3 is 0 Å². The molecular weight excluding hydrogens is 166 g/mol. The molecule has 2 aromatic rings. The van der Waals surface area contributed by atoms with Crippen LogP contribution in [0.15, 0.2) is 36.7 Å². The summed E-state index contributed by atoms with van der Waals surface area (Å²) in [5.74, 6) is 0.547. The van der Waals surface area contributed by atoms with Crippen molar-refractivity contribution in [1.82, 2.24) is 14.8 Å². The van der Waals surface area contributed by atoms with E-state index in [1.807, 2.05) is 30.3 Å². The molecule has 0 spiro atoms. The zero-order chi connectivity index (χ0) is 9.10. The van der Waals surface area contributed by atoms with E-state index < -0.39 is 0 Å². The molecule has 66 valence electrons. The van der Waals surface area contributed by atoms with Crippen molar-refractivity contribution in [3.8, 4) is 5.69 Å². The van der Waals surface area contributed by atoms with E-state index >= 15 is 0 Å². The van der Waals surface area contributed by atoms with E-state index in [2.05, 4.69) is 10.1 Å². The first-order valence-corrected chi connectivity index (χ1v) is 3.97. The number of rotatable bonds is 2. The number of hydrogen-bond donors (Lipinski definition) is 1. The smallest absolute Gasteiger partial charge is 0.157 e. The van der Waals surface area contributed by atoms with Crippen molar-refractivity contribution in [2.75, 3.05) is 0 Å². The second-order valence-corrected chi connectivity index (χ2v) is 2.58. The van der Waals surface area contributed by atoms with Gasteiger partial charge in [-0.25, -0.2) is 9.67 Å². The second kappa shape index (κ2) is 3.37. The van der Waals surface area contributed by atoms with Crippen LogP contribution in [0.2, 0.25) is 0 Å². The molecule has 1 aromatic carbocycles. The van der Waals surface area contributed by atoms with Crippen molar-refractivity contribution in [2.45, 2.75) is 6.61 Å². The molecule has 0 saturated carbocycles. The summed E-state index contributed by atoms with van der Waals surface area (Å²) >= 11 is 0. The van der Waals surface area contributed by atoms with E-state index in [0.29, 0.717) is 5.82 Å². The third-order valence-corrected chi connectivity index (χ3v) is 1.76. The number of aliphatic hydroxyl groups is 1. The van der Waals surface area contributed by atoms with Crippen LogP contribution < -0.4 is 0 Å². The maximum absolute atomic E-state index is 8.95. The minimum atomic E-state index is -0.102. The average Bonchev–Trinajstić information content (AvgIpc) is 2.67. The quantitative estimate of drug-likeness (QED) is 0.733. The van der Waals surface area contributed by atoms with Gasteiger partial charge in [0.25, 0.3) is 0 Å². The number of aliphatic hydroxyl groups excluding tert-OH is 1. The van der Waals surface area contributed by atoms with Crippen LogP contribution in [-0.4, -0.2) is 19.9 Å². The van der Waals surface area contributed by atoms with Gasteiger partial charge in [-0.2, -0.15) is 5.10 Å². The molecular formula is C9H9N3O. The van der Waals surface area contributed by atoms with Gasteiger partial charge in [0.05, 0.1) is 5.69 Å². The Hall–Kier alpha value is -1.68. The number of aromatic nitrogens is 3. The predicted molar refractivity (Wildman–Crippen MR) is 47.3 cm³/mol. The molecule has 0 amide bonds. The molecule has 0 aliphatic carbocycles. The van der Waals surface area contributed by atoms with Gasteiger partial charge in [0, 0.05) is 0 Å². The minimum Gasteiger partial charge on any atom is -0.388 e. The Balaban J connectivity index is 2.47. The summed E-state index contributed by atoms with van der Waals surface area (Å²) in [4.78, 5) is 3.91. The molecule has 4 heteroatoms. The summed E-state index contributed by atoms with van der Waals surface area (Å²) in [6.07, 6.45) is 1.43. The largest absolute Gasteiger partial charge is 0.388 e. The zero-order valence-electron chi connectivity index (χ0n) is 6.96. The zero-order valence-corrected chi connectivity index (χ0v) is 6.96. The fourth-order valence-corrected chi connectivity index (χ4v) is 1.16. The first-order chi connectivity index (χ1) is 6.42. The van der Waals surface area contributed by atoms with Gasteiger partial charge < -0.3 is 5.11 Å². The van der Waals surface area contributed by atoms with Gasteiger partial charge in [0.2, 0.25) is 0 Å². The van der Waals surface area contributed by atoms with E-state index in [1.165, 1.54) is 6.33 Å². The van der Waals surface area contributed by atoms with E-state index in [0.717, 1.165) is 5.69 Å². The maximum atomic E-state index is 8.95. The molecule has 13 heavy (non-hydrogen) atoms. The number of hydrogen-bond acceptors (Lipinski definition) is 3. The second-order valence-electron chi connectivity index (χ2n) is 2.58. The first kappa shape index (κ1) is 7.94. The summed E-state index contributed by atoms with van der Waals surface area (Å²) in [7, 11) is 0. The topological polar surface area (TPSA) is 50.9 Å². The highest BCUT2D eigenvalue weighted by atomic mass is 16.3. The lowest BCUT2D eigenvalue weighted by atomic mass is 10.3. The molecule has 1 N–H and O–H groups in total. The van der Waals surface area contributed by atoms with Crippen LogP contribution in [0, 0.1) is 0 Å². The van der Waals surface area contributed by atoms with E-state index in [4.69, 9.17) is 5.11 Å². The van der Waals surface area contributed by atoms with Crippen LogP contribution in [0.3, 0.4) is 0 Å². The molecule has 1 aromatic heterocycles. The highest BCUT2D eigenvalue weighted by Gasteiger charge is 2.03. The Morgan fingerprint density at radius 1 is 1.23 bits per heavy atom. The molecule has 2 rings (SSSR count). The van der Waals surface area contributed by atoms with Crippen molar-refractivity contribution in [1.29, 1.82) is 0 Å². The Morgan fingerprint density at radius 2 is 2.00 bits per heavy atom. The standard InChI is InChI=1S/C9H9N3O/c13-6-9-10-7-11-12(9)8-4-2-1-3-5-8/h1-5,7,13H,6H2. The van der Waals surface area contributed by atoms with Gasteiger partial charge in [-0.1, -0.05) is 18.2 Å². The van der Waals surface area contributed by atoms with Crippen LogP contribution in [0.1, 0.15) is 5.82 Å². The highest BCUT2D eigenvalue weighted by Crippen LogP contribution is 2.06. The van der Waals surface area contributed by atoms with Gasteiger partial charge in [-0.15, -0.1) is 0 Å². The lowest BCUT2D eigenvalue weighted by Crippen LogP contribution is -2.02. The molecule has 1 heterocycles. The van der Waals surface area contributed by atoms with Crippen LogP contribution in [-0.2, 0) is 6.61 Å². The fourth-order valence-electron chi connectivity index (χ4n) is 1.16. The summed E-state index contributed by atoms with van der Waals surface area (Å²) in [6.45, 7) is -0.102. The van der Waals surface area contributed by atoms with Crippen molar-refractivity contribution in [3.63, 3.8) is 0 Å². The van der Waals surface area contributed by atoms with E-state index in [1.54, 1.807) is 4.68 Å². The highest BCUT2D eigenvalue weighted by molar-refractivity contribution is 5.30. The molecule has 0 aliphatic rings. The summed E-state index contributed by atoms with van der Waals surface area (Å²) in [6, 6.07) is 9.58. The fraction of sp³-hybridized carbons (Fsp3) is 0.111.